The molecule has 0 saturated heterocycles. The van der Waals surface area contributed by atoms with E-state index < -0.39 is 5.97 Å². The Hall–Kier alpha value is -2.14. The van der Waals surface area contributed by atoms with Gasteiger partial charge in [0.1, 0.15) is 15.7 Å². The predicted molar refractivity (Wildman–Crippen MR) is 75.4 cm³/mol. The van der Waals surface area contributed by atoms with E-state index >= 15 is 0 Å². The molecular formula is C14H12N2O2S. The number of aryl methyl sites for hydroxylation is 2. The van der Waals surface area contributed by atoms with Gasteiger partial charge in [-0.25, -0.2) is 9.78 Å². The highest BCUT2D eigenvalue weighted by Crippen LogP contribution is 2.27. The normalized spacial score (nSPS) is 11.1. The molecule has 0 amide bonds. The van der Waals surface area contributed by atoms with Crippen LogP contribution in [0.15, 0.2) is 30.3 Å². The van der Waals surface area contributed by atoms with Crippen molar-refractivity contribution in [2.24, 2.45) is 0 Å². The molecular weight excluding hydrogens is 260 g/mol. The van der Waals surface area contributed by atoms with Gasteiger partial charge in [-0.2, -0.15) is 0 Å². The number of carboxylic acid groups (broad SMARTS) is 1. The Labute approximate surface area is 113 Å². The summed E-state index contributed by atoms with van der Waals surface area (Å²) in [4.78, 5) is 15.8. The van der Waals surface area contributed by atoms with Crippen LogP contribution in [0.1, 0.15) is 21.1 Å². The minimum atomic E-state index is -0.894. The second-order valence-electron chi connectivity index (χ2n) is 4.43. The van der Waals surface area contributed by atoms with Crippen molar-refractivity contribution in [1.82, 2.24) is 9.55 Å². The van der Waals surface area contributed by atoms with Crippen LogP contribution >= 0.6 is 11.3 Å². The van der Waals surface area contributed by atoms with E-state index in [0.29, 0.717) is 4.88 Å². The third kappa shape index (κ3) is 1.92. The number of carboxylic acids is 1. The van der Waals surface area contributed by atoms with Crippen LogP contribution in [0.3, 0.4) is 0 Å². The zero-order valence-corrected chi connectivity index (χ0v) is 11.4. The van der Waals surface area contributed by atoms with Crippen molar-refractivity contribution in [2.75, 3.05) is 0 Å². The van der Waals surface area contributed by atoms with Gasteiger partial charge in [-0.1, -0.05) is 6.07 Å². The highest BCUT2D eigenvalue weighted by atomic mass is 32.1. The summed E-state index contributed by atoms with van der Waals surface area (Å²) in [5, 5.41) is 9.88. The van der Waals surface area contributed by atoms with Gasteiger partial charge >= 0.3 is 5.97 Å². The van der Waals surface area contributed by atoms with Gasteiger partial charge in [0.2, 0.25) is 0 Å². The monoisotopic (exact) mass is 272 g/mol. The number of fused-ring (bicyclic) bond motifs is 1. The number of aromatic nitrogens is 2. The molecule has 0 fully saturated rings. The van der Waals surface area contributed by atoms with Crippen molar-refractivity contribution in [3.05, 3.63) is 46.6 Å². The fourth-order valence-corrected chi connectivity index (χ4v) is 3.06. The smallest absolute Gasteiger partial charge is 0.345 e. The maximum atomic E-state index is 11.0. The number of benzene rings is 1. The number of aromatic carboxylic acids is 1. The summed E-state index contributed by atoms with van der Waals surface area (Å²) >= 11 is 1.26. The van der Waals surface area contributed by atoms with Gasteiger partial charge in [0.15, 0.2) is 0 Å². The summed E-state index contributed by atoms with van der Waals surface area (Å²) in [6, 6.07) is 9.53. The Kier molecular flexibility index (Phi) is 2.64. The van der Waals surface area contributed by atoms with E-state index in [1.54, 1.807) is 6.07 Å². The van der Waals surface area contributed by atoms with Gasteiger partial charge in [-0.05, 0) is 43.7 Å². The maximum absolute atomic E-state index is 11.0. The minimum Gasteiger partial charge on any atom is -0.477 e. The highest BCUT2D eigenvalue weighted by Gasteiger charge is 2.13. The summed E-state index contributed by atoms with van der Waals surface area (Å²) in [6.45, 7) is 3.96. The largest absolute Gasteiger partial charge is 0.477 e. The van der Waals surface area contributed by atoms with Crippen LogP contribution in [0.4, 0.5) is 0 Å². The fourth-order valence-electron chi connectivity index (χ4n) is 2.15. The minimum absolute atomic E-state index is 0.336. The van der Waals surface area contributed by atoms with Crippen LogP contribution in [0.25, 0.3) is 16.0 Å². The Morgan fingerprint density at radius 3 is 2.74 bits per heavy atom. The lowest BCUT2D eigenvalue weighted by Crippen LogP contribution is -1.94. The van der Waals surface area contributed by atoms with Crippen molar-refractivity contribution in [3.8, 4) is 5.00 Å². The Morgan fingerprint density at radius 2 is 2.05 bits per heavy atom. The van der Waals surface area contributed by atoms with Gasteiger partial charge in [0, 0.05) is 0 Å². The van der Waals surface area contributed by atoms with Gasteiger partial charge in [-0.15, -0.1) is 11.3 Å². The molecule has 5 heteroatoms. The number of thiophene rings is 1. The molecule has 0 saturated carbocycles. The van der Waals surface area contributed by atoms with Crippen molar-refractivity contribution in [3.63, 3.8) is 0 Å². The van der Waals surface area contributed by atoms with E-state index in [1.165, 1.54) is 11.3 Å². The molecule has 0 bridgehead atoms. The molecule has 0 aliphatic rings. The van der Waals surface area contributed by atoms with E-state index in [-0.39, 0.29) is 0 Å². The molecule has 3 aromatic rings. The number of rotatable bonds is 2. The standard InChI is InChI=1S/C14H12N2O2S/c1-8-3-4-11-10(7-8)15-9(2)16(11)13-6-5-12(19-13)14(17)18/h3-7H,1-2H3,(H,17,18). The molecule has 3 rings (SSSR count). The second-order valence-corrected chi connectivity index (χ2v) is 5.49. The molecule has 0 unspecified atom stereocenters. The van der Waals surface area contributed by atoms with Crippen molar-refractivity contribution >= 4 is 28.3 Å². The van der Waals surface area contributed by atoms with Crippen molar-refractivity contribution in [2.45, 2.75) is 13.8 Å². The molecule has 0 aliphatic carbocycles. The Morgan fingerprint density at radius 1 is 1.26 bits per heavy atom. The molecule has 19 heavy (non-hydrogen) atoms. The average Bonchev–Trinajstić information content (AvgIpc) is 2.91. The summed E-state index contributed by atoms with van der Waals surface area (Å²) in [6.07, 6.45) is 0. The van der Waals surface area contributed by atoms with E-state index in [9.17, 15) is 4.79 Å². The van der Waals surface area contributed by atoms with Gasteiger partial charge in [0.05, 0.1) is 11.0 Å². The molecule has 2 aromatic heterocycles. The highest BCUT2D eigenvalue weighted by molar-refractivity contribution is 7.16. The first kappa shape index (κ1) is 11.9. The third-order valence-electron chi connectivity index (χ3n) is 3.00. The summed E-state index contributed by atoms with van der Waals surface area (Å²) in [5.74, 6) is -0.0337. The van der Waals surface area contributed by atoms with Crippen molar-refractivity contribution in [1.29, 1.82) is 0 Å². The van der Waals surface area contributed by atoms with Crippen LogP contribution in [0, 0.1) is 13.8 Å². The maximum Gasteiger partial charge on any atom is 0.345 e. The molecule has 0 atom stereocenters. The first-order valence-corrected chi connectivity index (χ1v) is 6.67. The number of hydrogen-bond acceptors (Lipinski definition) is 3. The zero-order chi connectivity index (χ0) is 13.6. The molecule has 1 aromatic carbocycles. The number of nitrogens with zero attached hydrogens (tertiary/aromatic N) is 2. The number of imidazole rings is 1. The van der Waals surface area contributed by atoms with Crippen molar-refractivity contribution < 1.29 is 9.90 Å². The summed E-state index contributed by atoms with van der Waals surface area (Å²) in [7, 11) is 0. The van der Waals surface area contributed by atoms with E-state index in [4.69, 9.17) is 5.11 Å². The Bertz CT molecular complexity index is 786. The van der Waals surface area contributed by atoms with Gasteiger partial charge in [0.25, 0.3) is 0 Å². The van der Waals surface area contributed by atoms with Crippen LogP contribution < -0.4 is 0 Å². The lowest BCUT2D eigenvalue weighted by Gasteiger charge is -2.02. The molecule has 0 aliphatic heterocycles. The first-order chi connectivity index (χ1) is 9.06. The predicted octanol–water partition coefficient (Wildman–Crippen LogP) is 3.40. The van der Waals surface area contributed by atoms with E-state index in [2.05, 4.69) is 4.98 Å². The lowest BCUT2D eigenvalue weighted by molar-refractivity contribution is 0.0702. The second kappa shape index (κ2) is 4.20. The number of carbonyl (C=O) groups is 1. The molecule has 4 nitrogen and oxygen atoms in total. The van der Waals surface area contributed by atoms with Crippen LogP contribution in [-0.2, 0) is 0 Å². The lowest BCUT2D eigenvalue weighted by atomic mass is 10.2. The van der Waals surface area contributed by atoms with Crippen LogP contribution in [0.2, 0.25) is 0 Å². The Balaban J connectivity index is 2.23. The molecule has 0 radical (unpaired) electrons. The SMILES string of the molecule is Cc1ccc2c(c1)nc(C)n2-c1ccc(C(=O)O)s1. The molecule has 1 N–H and O–H groups in total. The first-order valence-electron chi connectivity index (χ1n) is 5.85. The summed E-state index contributed by atoms with van der Waals surface area (Å²) in [5.41, 5.74) is 3.10. The molecule has 0 spiro atoms. The average molecular weight is 272 g/mol. The molecule has 2 heterocycles. The third-order valence-corrected chi connectivity index (χ3v) is 4.06. The van der Waals surface area contributed by atoms with Crippen LogP contribution in [-0.4, -0.2) is 20.6 Å². The van der Waals surface area contributed by atoms with E-state index in [0.717, 1.165) is 27.4 Å². The van der Waals surface area contributed by atoms with Gasteiger partial charge < -0.3 is 5.11 Å². The molecule has 96 valence electrons. The van der Waals surface area contributed by atoms with Crippen LogP contribution in [0.5, 0.6) is 0 Å². The summed E-state index contributed by atoms with van der Waals surface area (Å²) < 4.78 is 1.99. The fraction of sp³-hybridized carbons (Fsp3) is 0.143. The van der Waals surface area contributed by atoms with E-state index in [1.807, 2.05) is 42.7 Å². The zero-order valence-electron chi connectivity index (χ0n) is 10.5. The quantitative estimate of drug-likeness (QED) is 0.778. The topological polar surface area (TPSA) is 55.1 Å². The van der Waals surface area contributed by atoms with Gasteiger partial charge in [-0.3, -0.25) is 4.57 Å². The number of hydrogen-bond donors (Lipinski definition) is 1.